The second kappa shape index (κ2) is 4.14. The molecule has 1 heterocycles. The Morgan fingerprint density at radius 1 is 1.47 bits per heavy atom. The Bertz CT molecular complexity index is 418. The number of nitrogens with two attached hydrogens (primary N) is 2. The highest BCUT2D eigenvalue weighted by Gasteiger charge is 2.17. The van der Waals surface area contributed by atoms with E-state index in [1.807, 2.05) is 13.8 Å². The zero-order valence-electron chi connectivity index (χ0n) is 9.01. The fourth-order valence-corrected chi connectivity index (χ4v) is 1.66. The smallest absolute Gasteiger partial charge is 0.281 e. The topological polar surface area (TPSA) is 109 Å². The van der Waals surface area contributed by atoms with Gasteiger partial charge in [-0.05, 0) is 26.3 Å². The quantitative estimate of drug-likeness (QED) is 0.236. The maximum Gasteiger partial charge on any atom is 0.281 e. The van der Waals surface area contributed by atoms with E-state index in [1.165, 1.54) is 0 Å². The molecule has 6 heteroatoms. The van der Waals surface area contributed by atoms with Gasteiger partial charge in [0.15, 0.2) is 0 Å². The number of H-pyrrole nitrogens is 1. The van der Waals surface area contributed by atoms with E-state index >= 15 is 0 Å². The highest BCUT2D eigenvalue weighted by atomic mass is 16.2. The van der Waals surface area contributed by atoms with Gasteiger partial charge in [0, 0.05) is 11.3 Å². The standard InChI is InChI=1S/C9H15N5O/c1-4-7(6(3)13-10)5(2)12-8(4)9(15)14-11/h12H,10-11H2,1-3H3,(H,14,15)/b13-6-. The zero-order valence-corrected chi connectivity index (χ0v) is 9.01. The number of carbonyl (C=O) groups is 1. The number of aryl methyl sites for hydroxylation is 1. The SMILES string of the molecule is C/C(=N/N)c1c(C)[nH]c(C(=O)NN)c1C. The van der Waals surface area contributed by atoms with Gasteiger partial charge in [0.25, 0.3) is 5.91 Å². The molecular formula is C9H15N5O. The molecule has 15 heavy (non-hydrogen) atoms. The van der Waals surface area contributed by atoms with Crippen LogP contribution in [0, 0.1) is 13.8 Å². The van der Waals surface area contributed by atoms with E-state index in [9.17, 15) is 4.79 Å². The molecular weight excluding hydrogens is 194 g/mol. The summed E-state index contributed by atoms with van der Waals surface area (Å²) in [5, 5.41) is 3.61. The third-order valence-electron chi connectivity index (χ3n) is 2.35. The van der Waals surface area contributed by atoms with Gasteiger partial charge in [0.05, 0.1) is 5.71 Å². The molecule has 1 aromatic rings. The van der Waals surface area contributed by atoms with Crippen LogP contribution >= 0.6 is 0 Å². The van der Waals surface area contributed by atoms with Crippen molar-refractivity contribution in [2.45, 2.75) is 20.8 Å². The second-order valence-corrected chi connectivity index (χ2v) is 3.31. The molecule has 0 radical (unpaired) electrons. The summed E-state index contributed by atoms with van der Waals surface area (Å²) in [7, 11) is 0. The number of hydrogen-bond donors (Lipinski definition) is 4. The average molecular weight is 209 g/mol. The number of nitrogens with zero attached hydrogens (tertiary/aromatic N) is 1. The monoisotopic (exact) mass is 209 g/mol. The molecule has 6 N–H and O–H groups in total. The van der Waals surface area contributed by atoms with Crippen LogP contribution in [-0.2, 0) is 0 Å². The second-order valence-electron chi connectivity index (χ2n) is 3.31. The van der Waals surface area contributed by atoms with E-state index in [2.05, 4.69) is 15.5 Å². The fraction of sp³-hybridized carbons (Fsp3) is 0.333. The van der Waals surface area contributed by atoms with Crippen LogP contribution < -0.4 is 17.1 Å². The summed E-state index contributed by atoms with van der Waals surface area (Å²) in [4.78, 5) is 14.3. The Hall–Kier alpha value is -1.82. The normalized spacial score (nSPS) is 11.6. The van der Waals surface area contributed by atoms with Crippen molar-refractivity contribution in [2.75, 3.05) is 0 Å². The zero-order chi connectivity index (χ0) is 11.6. The number of hydrogen-bond acceptors (Lipinski definition) is 4. The molecule has 0 fully saturated rings. The lowest BCUT2D eigenvalue weighted by molar-refractivity contribution is 0.0948. The van der Waals surface area contributed by atoms with Crippen LogP contribution in [0.2, 0.25) is 0 Å². The summed E-state index contributed by atoms with van der Waals surface area (Å²) in [6.07, 6.45) is 0. The van der Waals surface area contributed by atoms with Crippen molar-refractivity contribution in [3.8, 4) is 0 Å². The average Bonchev–Trinajstić information content (AvgIpc) is 2.52. The Morgan fingerprint density at radius 2 is 2.07 bits per heavy atom. The number of aromatic amines is 1. The fourth-order valence-electron chi connectivity index (χ4n) is 1.66. The summed E-state index contributed by atoms with van der Waals surface area (Å²) in [6, 6.07) is 0. The number of nitrogen functional groups attached to an aromatic ring is 1. The molecule has 0 aliphatic rings. The molecule has 0 aromatic carbocycles. The van der Waals surface area contributed by atoms with Crippen LogP contribution in [-0.4, -0.2) is 16.6 Å². The largest absolute Gasteiger partial charge is 0.354 e. The number of carbonyl (C=O) groups excluding carboxylic acids is 1. The van der Waals surface area contributed by atoms with E-state index in [1.54, 1.807) is 6.92 Å². The first-order chi connectivity index (χ1) is 7.02. The van der Waals surface area contributed by atoms with Crippen LogP contribution in [0.3, 0.4) is 0 Å². The number of hydrazine groups is 1. The third kappa shape index (κ3) is 1.84. The molecule has 0 saturated carbocycles. The van der Waals surface area contributed by atoms with Crippen molar-refractivity contribution in [1.29, 1.82) is 0 Å². The number of aromatic nitrogens is 1. The van der Waals surface area contributed by atoms with Gasteiger partial charge < -0.3 is 10.8 Å². The van der Waals surface area contributed by atoms with Crippen molar-refractivity contribution in [3.63, 3.8) is 0 Å². The van der Waals surface area contributed by atoms with E-state index in [-0.39, 0.29) is 5.91 Å². The molecule has 1 aromatic heterocycles. The van der Waals surface area contributed by atoms with Gasteiger partial charge in [0.1, 0.15) is 5.69 Å². The van der Waals surface area contributed by atoms with Gasteiger partial charge in [-0.15, -0.1) is 0 Å². The summed E-state index contributed by atoms with van der Waals surface area (Å²) >= 11 is 0. The number of amides is 1. The van der Waals surface area contributed by atoms with E-state index < -0.39 is 0 Å². The highest BCUT2D eigenvalue weighted by molar-refractivity contribution is 6.04. The van der Waals surface area contributed by atoms with Crippen molar-refractivity contribution in [2.24, 2.45) is 16.8 Å². The van der Waals surface area contributed by atoms with Crippen LogP contribution in [0.1, 0.15) is 34.2 Å². The van der Waals surface area contributed by atoms with Gasteiger partial charge in [0.2, 0.25) is 0 Å². The molecule has 0 bridgehead atoms. The Kier molecular flexibility index (Phi) is 3.11. The number of hydrazone groups is 1. The lowest BCUT2D eigenvalue weighted by Gasteiger charge is -2.00. The molecule has 1 rings (SSSR count). The van der Waals surface area contributed by atoms with Gasteiger partial charge in [-0.25, -0.2) is 5.84 Å². The van der Waals surface area contributed by atoms with Gasteiger partial charge in [-0.3, -0.25) is 10.2 Å². The van der Waals surface area contributed by atoms with E-state index in [0.29, 0.717) is 11.4 Å². The van der Waals surface area contributed by atoms with Crippen LogP contribution in [0.5, 0.6) is 0 Å². The van der Waals surface area contributed by atoms with Crippen molar-refractivity contribution >= 4 is 11.6 Å². The Balaban J connectivity index is 3.33. The van der Waals surface area contributed by atoms with Crippen LogP contribution in [0.25, 0.3) is 0 Å². The summed E-state index contributed by atoms with van der Waals surface area (Å²) in [5.74, 6) is 9.92. The number of nitrogens with one attached hydrogen (secondary N) is 2. The molecule has 0 unspecified atom stereocenters. The molecule has 82 valence electrons. The Morgan fingerprint density at radius 3 is 2.53 bits per heavy atom. The lowest BCUT2D eigenvalue weighted by Crippen LogP contribution is -2.30. The first-order valence-electron chi connectivity index (χ1n) is 4.47. The predicted octanol–water partition coefficient (Wildman–Crippen LogP) is -0.0823. The molecule has 1 amide bonds. The van der Waals surface area contributed by atoms with Gasteiger partial charge in [-0.2, -0.15) is 5.10 Å². The molecule has 0 saturated heterocycles. The molecule has 6 nitrogen and oxygen atoms in total. The van der Waals surface area contributed by atoms with Crippen LogP contribution in [0.15, 0.2) is 5.10 Å². The van der Waals surface area contributed by atoms with E-state index in [4.69, 9.17) is 11.7 Å². The molecule has 0 aliphatic heterocycles. The highest BCUT2D eigenvalue weighted by Crippen LogP contribution is 2.18. The van der Waals surface area contributed by atoms with E-state index in [0.717, 1.165) is 16.8 Å². The molecule has 0 spiro atoms. The number of rotatable bonds is 2. The summed E-state index contributed by atoms with van der Waals surface area (Å²) in [6.45, 7) is 5.45. The van der Waals surface area contributed by atoms with Crippen molar-refractivity contribution < 1.29 is 4.79 Å². The third-order valence-corrected chi connectivity index (χ3v) is 2.35. The summed E-state index contributed by atoms with van der Waals surface area (Å²) in [5.41, 5.74) is 5.69. The Labute approximate surface area is 87.7 Å². The van der Waals surface area contributed by atoms with Crippen molar-refractivity contribution in [3.05, 3.63) is 22.5 Å². The molecule has 0 atom stereocenters. The minimum Gasteiger partial charge on any atom is -0.354 e. The van der Waals surface area contributed by atoms with Gasteiger partial charge in [-0.1, -0.05) is 0 Å². The minimum absolute atomic E-state index is 0.355. The lowest BCUT2D eigenvalue weighted by atomic mass is 10.1. The summed E-state index contributed by atoms with van der Waals surface area (Å²) < 4.78 is 0. The first-order valence-corrected chi connectivity index (χ1v) is 4.47. The maximum absolute atomic E-state index is 11.4. The van der Waals surface area contributed by atoms with Gasteiger partial charge >= 0.3 is 0 Å². The minimum atomic E-state index is -0.355. The first kappa shape index (κ1) is 11.3. The predicted molar refractivity (Wildman–Crippen MR) is 58.3 cm³/mol. The maximum atomic E-state index is 11.4. The van der Waals surface area contributed by atoms with Crippen LogP contribution in [0.4, 0.5) is 0 Å². The molecule has 0 aliphatic carbocycles. The van der Waals surface area contributed by atoms with Crippen molar-refractivity contribution in [1.82, 2.24) is 10.4 Å².